The van der Waals surface area contributed by atoms with Crippen molar-refractivity contribution in [2.24, 2.45) is 5.73 Å². The van der Waals surface area contributed by atoms with Crippen molar-refractivity contribution in [3.8, 4) is 0 Å². The van der Waals surface area contributed by atoms with Crippen LogP contribution in [0.25, 0.3) is 0 Å². The molecule has 3 atom stereocenters. The summed E-state index contributed by atoms with van der Waals surface area (Å²) in [6.45, 7) is -0.452. The van der Waals surface area contributed by atoms with E-state index in [1.54, 1.807) is 0 Å². The van der Waals surface area contributed by atoms with Crippen LogP contribution in [-0.2, 0) is 25.6 Å². The summed E-state index contributed by atoms with van der Waals surface area (Å²) in [5, 5.41) is 15.9. The second-order valence-corrected chi connectivity index (χ2v) is 6.63. The van der Waals surface area contributed by atoms with Gasteiger partial charge < -0.3 is 26.8 Å². The molecule has 0 fully saturated rings. The molecule has 0 aliphatic heterocycles. The molecule has 1 rings (SSSR count). The van der Waals surface area contributed by atoms with Gasteiger partial charge in [0, 0.05) is 11.5 Å². The molecule has 0 saturated carbocycles. The number of carboxylic acids is 1. The first-order valence-electron chi connectivity index (χ1n) is 8.40. The lowest BCUT2D eigenvalue weighted by atomic mass is 10.1. The van der Waals surface area contributed by atoms with Crippen molar-refractivity contribution < 1.29 is 24.3 Å². The van der Waals surface area contributed by atoms with E-state index in [-0.39, 0.29) is 11.5 Å². The molecule has 3 unspecified atom stereocenters. The minimum absolute atomic E-state index is 0.00829. The molecule has 0 saturated heterocycles. The van der Waals surface area contributed by atoms with Crippen molar-refractivity contribution >= 4 is 48.9 Å². The number of aliphatic carboxylic acids is 1. The first-order valence-corrected chi connectivity index (χ1v) is 9.66. The fourth-order valence-corrected chi connectivity index (χ4v) is 2.66. The van der Waals surface area contributed by atoms with Crippen LogP contribution in [-0.4, -0.2) is 65.0 Å². The molecule has 9 nitrogen and oxygen atoms in total. The van der Waals surface area contributed by atoms with E-state index in [0.717, 1.165) is 5.56 Å². The lowest BCUT2D eigenvalue weighted by molar-refractivity contribution is -0.141. The summed E-state index contributed by atoms with van der Waals surface area (Å²) in [5.41, 5.74) is 6.76. The van der Waals surface area contributed by atoms with E-state index >= 15 is 0 Å². The van der Waals surface area contributed by atoms with Crippen LogP contribution in [0.1, 0.15) is 5.56 Å². The minimum Gasteiger partial charge on any atom is -0.480 e. The predicted octanol–water partition coefficient (Wildman–Crippen LogP) is -1.41. The topological polar surface area (TPSA) is 151 Å². The van der Waals surface area contributed by atoms with E-state index in [1.165, 1.54) is 0 Å². The largest absolute Gasteiger partial charge is 0.480 e. The Morgan fingerprint density at radius 2 is 1.57 bits per heavy atom. The summed E-state index contributed by atoms with van der Waals surface area (Å²) >= 11 is 7.86. The molecular formula is C17H24N4O5S2. The first kappa shape index (κ1) is 23.8. The summed E-state index contributed by atoms with van der Waals surface area (Å²) in [7, 11) is 0. The highest BCUT2D eigenvalue weighted by Crippen LogP contribution is 2.02. The number of thiol groups is 2. The molecule has 1 aromatic carbocycles. The first-order chi connectivity index (χ1) is 13.3. The van der Waals surface area contributed by atoms with Crippen LogP contribution < -0.4 is 21.7 Å². The average Bonchev–Trinajstić information content (AvgIpc) is 2.68. The molecule has 0 heterocycles. The van der Waals surface area contributed by atoms with Crippen LogP contribution >= 0.6 is 25.3 Å². The highest BCUT2D eigenvalue weighted by atomic mass is 32.1. The zero-order valence-corrected chi connectivity index (χ0v) is 16.8. The van der Waals surface area contributed by atoms with E-state index in [0.29, 0.717) is 6.42 Å². The SMILES string of the molecule is NC(Cc1ccccc1)C(=O)NC(CS)C(=O)NCC(=O)NC(CS)C(=O)O. The van der Waals surface area contributed by atoms with E-state index in [9.17, 15) is 19.2 Å². The Morgan fingerprint density at radius 1 is 0.964 bits per heavy atom. The van der Waals surface area contributed by atoms with Gasteiger partial charge in [0.15, 0.2) is 0 Å². The number of nitrogens with one attached hydrogen (secondary N) is 3. The maximum atomic E-state index is 12.2. The van der Waals surface area contributed by atoms with Gasteiger partial charge in [-0.25, -0.2) is 4.79 Å². The van der Waals surface area contributed by atoms with Crippen LogP contribution in [0, 0.1) is 0 Å². The maximum Gasteiger partial charge on any atom is 0.327 e. The van der Waals surface area contributed by atoms with Crippen molar-refractivity contribution in [1.82, 2.24) is 16.0 Å². The second-order valence-electron chi connectivity index (χ2n) is 5.90. The molecule has 3 amide bonds. The van der Waals surface area contributed by atoms with E-state index < -0.39 is 48.4 Å². The average molecular weight is 429 g/mol. The van der Waals surface area contributed by atoms with E-state index in [4.69, 9.17) is 10.8 Å². The number of amides is 3. The number of hydrogen-bond acceptors (Lipinski definition) is 7. The second kappa shape index (κ2) is 12.3. The van der Waals surface area contributed by atoms with Gasteiger partial charge in [0.2, 0.25) is 17.7 Å². The summed E-state index contributed by atoms with van der Waals surface area (Å²) in [5.74, 6) is -3.19. The van der Waals surface area contributed by atoms with Gasteiger partial charge >= 0.3 is 5.97 Å². The van der Waals surface area contributed by atoms with Gasteiger partial charge in [-0.05, 0) is 12.0 Å². The molecule has 11 heteroatoms. The Hall–Kier alpha value is -2.24. The van der Waals surface area contributed by atoms with E-state index in [1.807, 2.05) is 30.3 Å². The monoisotopic (exact) mass is 428 g/mol. The van der Waals surface area contributed by atoms with Crippen molar-refractivity contribution in [2.45, 2.75) is 24.5 Å². The summed E-state index contributed by atoms with van der Waals surface area (Å²) in [4.78, 5) is 46.9. The summed E-state index contributed by atoms with van der Waals surface area (Å²) in [6.07, 6.45) is 0.302. The lowest BCUT2D eigenvalue weighted by Gasteiger charge is -2.19. The van der Waals surface area contributed by atoms with Gasteiger partial charge in [0.05, 0.1) is 12.6 Å². The predicted molar refractivity (Wildman–Crippen MR) is 110 cm³/mol. The molecule has 0 bridgehead atoms. The summed E-state index contributed by atoms with van der Waals surface area (Å²) in [6, 6.07) is 6.17. The smallest absolute Gasteiger partial charge is 0.327 e. The quantitative estimate of drug-likeness (QED) is 0.215. The van der Waals surface area contributed by atoms with Crippen LogP contribution in [0.5, 0.6) is 0 Å². The fourth-order valence-electron chi connectivity index (χ4n) is 2.16. The molecule has 0 aliphatic rings. The normalized spacial score (nSPS) is 13.7. The molecule has 0 aliphatic carbocycles. The third-order valence-corrected chi connectivity index (χ3v) is 4.42. The van der Waals surface area contributed by atoms with Crippen molar-refractivity contribution in [1.29, 1.82) is 0 Å². The highest BCUT2D eigenvalue weighted by molar-refractivity contribution is 7.80. The van der Waals surface area contributed by atoms with Gasteiger partial charge in [0.1, 0.15) is 12.1 Å². The Bertz CT molecular complexity index is 689. The van der Waals surface area contributed by atoms with Gasteiger partial charge in [-0.15, -0.1) is 0 Å². The molecule has 1 aromatic rings. The molecular weight excluding hydrogens is 404 g/mol. The van der Waals surface area contributed by atoms with Gasteiger partial charge in [-0.3, -0.25) is 14.4 Å². The zero-order chi connectivity index (χ0) is 21.1. The number of carbonyl (C=O) groups excluding carboxylic acids is 3. The van der Waals surface area contributed by atoms with Crippen LogP contribution in [0.2, 0.25) is 0 Å². The number of hydrogen-bond donors (Lipinski definition) is 7. The molecule has 154 valence electrons. The third-order valence-electron chi connectivity index (χ3n) is 3.69. The molecule has 0 aromatic heterocycles. The lowest BCUT2D eigenvalue weighted by Crippen LogP contribution is -2.54. The Balaban J connectivity index is 2.50. The van der Waals surface area contributed by atoms with Gasteiger partial charge in [0.25, 0.3) is 0 Å². The Kier molecular flexibility index (Phi) is 10.4. The Labute approximate surface area is 173 Å². The van der Waals surface area contributed by atoms with Crippen molar-refractivity contribution in [3.05, 3.63) is 35.9 Å². The van der Waals surface area contributed by atoms with Crippen molar-refractivity contribution in [2.75, 3.05) is 18.1 Å². The fraction of sp³-hybridized carbons (Fsp3) is 0.412. The Morgan fingerprint density at radius 3 is 2.11 bits per heavy atom. The maximum absolute atomic E-state index is 12.2. The molecule has 0 radical (unpaired) electrons. The van der Waals surface area contributed by atoms with Crippen LogP contribution in [0.15, 0.2) is 30.3 Å². The van der Waals surface area contributed by atoms with Crippen LogP contribution in [0.3, 0.4) is 0 Å². The number of rotatable bonds is 11. The summed E-state index contributed by atoms with van der Waals surface area (Å²) < 4.78 is 0. The minimum atomic E-state index is -1.23. The highest BCUT2D eigenvalue weighted by Gasteiger charge is 2.24. The van der Waals surface area contributed by atoms with Crippen molar-refractivity contribution in [3.63, 3.8) is 0 Å². The third kappa shape index (κ3) is 8.19. The standard InChI is InChI=1S/C17H24N4O5S2/c18-11(6-10-4-2-1-3-5-10)15(23)21-12(8-27)16(24)19-7-14(22)20-13(9-28)17(25)26/h1-5,11-13,27-28H,6-9,18H2,(H,19,24)(H,20,22)(H,21,23)(H,25,26). The van der Waals surface area contributed by atoms with Gasteiger partial charge in [-0.1, -0.05) is 30.3 Å². The number of carboxylic acid groups (broad SMARTS) is 1. The van der Waals surface area contributed by atoms with Gasteiger partial charge in [-0.2, -0.15) is 25.3 Å². The van der Waals surface area contributed by atoms with Crippen LogP contribution in [0.4, 0.5) is 0 Å². The number of carbonyl (C=O) groups is 4. The molecule has 0 spiro atoms. The number of benzene rings is 1. The molecule has 28 heavy (non-hydrogen) atoms. The zero-order valence-electron chi connectivity index (χ0n) is 15.0. The number of nitrogens with two attached hydrogens (primary N) is 1. The molecule has 6 N–H and O–H groups in total. The van der Waals surface area contributed by atoms with E-state index in [2.05, 4.69) is 41.2 Å².